The number of benzene rings is 3. The lowest BCUT2D eigenvalue weighted by Gasteiger charge is -2.18. The average molecular weight is 402 g/mol. The van der Waals surface area contributed by atoms with Crippen molar-refractivity contribution in [1.29, 1.82) is 0 Å². The summed E-state index contributed by atoms with van der Waals surface area (Å²) in [6.45, 7) is 1.81. The number of carbonyl (C=O) groups is 3. The predicted octanol–water partition coefficient (Wildman–Crippen LogP) is 3.68. The molecule has 1 aliphatic heterocycles. The topological polar surface area (TPSA) is 75.7 Å². The molecule has 2 amide bonds. The van der Waals surface area contributed by atoms with Crippen molar-refractivity contribution in [1.82, 2.24) is 0 Å². The molecule has 6 heteroatoms. The lowest BCUT2D eigenvalue weighted by molar-refractivity contribution is -0.151. The minimum atomic E-state index is -0.594. The molecule has 0 aromatic heterocycles. The van der Waals surface area contributed by atoms with E-state index in [1.165, 1.54) is 0 Å². The summed E-state index contributed by atoms with van der Waals surface area (Å²) < 4.78 is 5.17. The van der Waals surface area contributed by atoms with Crippen LogP contribution in [0, 0.1) is 12.8 Å². The van der Waals surface area contributed by atoms with Gasteiger partial charge in [0.05, 0.1) is 11.6 Å². The maximum Gasteiger partial charge on any atom is 0.311 e. The van der Waals surface area contributed by atoms with Crippen molar-refractivity contribution >= 4 is 39.9 Å². The third-order valence-electron chi connectivity index (χ3n) is 5.20. The first-order valence-electron chi connectivity index (χ1n) is 9.82. The summed E-state index contributed by atoms with van der Waals surface area (Å²) in [5.41, 5.74) is 2.51. The van der Waals surface area contributed by atoms with Crippen molar-refractivity contribution in [3.05, 3.63) is 72.3 Å². The Morgan fingerprint density at radius 2 is 1.77 bits per heavy atom. The highest BCUT2D eigenvalue weighted by Gasteiger charge is 2.36. The van der Waals surface area contributed by atoms with Crippen LogP contribution in [0.4, 0.5) is 11.4 Å². The second-order valence-electron chi connectivity index (χ2n) is 7.43. The third-order valence-corrected chi connectivity index (χ3v) is 5.20. The maximum absolute atomic E-state index is 12.6. The fraction of sp³-hybridized carbons (Fsp3) is 0.208. The number of nitrogens with one attached hydrogen (secondary N) is 1. The van der Waals surface area contributed by atoms with E-state index >= 15 is 0 Å². The standard InChI is InChI=1S/C24H22N2O4/c1-16-9-11-19(12-10-16)25-22(27)15-30-24(29)18-13-23(28)26(14-18)21-8-4-6-17-5-2-3-7-20(17)21/h2-12,18H,13-15H2,1H3,(H,25,27)/t18-/m1/s1. The van der Waals surface area contributed by atoms with Crippen molar-refractivity contribution < 1.29 is 19.1 Å². The molecule has 152 valence electrons. The number of anilines is 2. The second-order valence-corrected chi connectivity index (χ2v) is 7.43. The van der Waals surface area contributed by atoms with Crippen molar-refractivity contribution in [3.63, 3.8) is 0 Å². The lowest BCUT2D eigenvalue weighted by Crippen LogP contribution is -2.28. The Hall–Kier alpha value is -3.67. The minimum absolute atomic E-state index is 0.0711. The molecule has 0 spiro atoms. The summed E-state index contributed by atoms with van der Waals surface area (Å²) >= 11 is 0. The van der Waals surface area contributed by atoms with Crippen molar-refractivity contribution in [2.45, 2.75) is 13.3 Å². The van der Waals surface area contributed by atoms with Gasteiger partial charge in [-0.3, -0.25) is 14.4 Å². The summed E-state index contributed by atoms with van der Waals surface area (Å²) in [4.78, 5) is 38.7. The highest BCUT2D eigenvalue weighted by atomic mass is 16.5. The van der Waals surface area contributed by atoms with Crippen LogP contribution in [0.1, 0.15) is 12.0 Å². The normalized spacial score (nSPS) is 16.0. The molecule has 1 N–H and O–H groups in total. The van der Waals surface area contributed by atoms with E-state index in [2.05, 4.69) is 5.32 Å². The van der Waals surface area contributed by atoms with E-state index in [-0.39, 0.29) is 25.5 Å². The molecule has 1 atom stereocenters. The second kappa shape index (κ2) is 8.37. The van der Waals surface area contributed by atoms with E-state index in [1.54, 1.807) is 17.0 Å². The maximum atomic E-state index is 12.6. The molecule has 0 unspecified atom stereocenters. The van der Waals surface area contributed by atoms with Gasteiger partial charge in [0, 0.05) is 24.0 Å². The number of hydrogen-bond acceptors (Lipinski definition) is 4. The molecule has 3 aromatic rings. The molecule has 4 rings (SSSR count). The summed E-state index contributed by atoms with van der Waals surface area (Å²) in [6.07, 6.45) is 0.0711. The fourth-order valence-electron chi connectivity index (χ4n) is 3.63. The summed E-state index contributed by atoms with van der Waals surface area (Å²) in [5, 5.41) is 4.67. The highest BCUT2D eigenvalue weighted by Crippen LogP contribution is 2.32. The molecule has 1 fully saturated rings. The van der Waals surface area contributed by atoms with Crippen molar-refractivity contribution in [3.8, 4) is 0 Å². The SMILES string of the molecule is Cc1ccc(NC(=O)COC(=O)[C@@H]2CC(=O)N(c3cccc4ccccc34)C2)cc1. The number of hydrogen-bond donors (Lipinski definition) is 1. The van der Waals surface area contributed by atoms with Crippen LogP contribution in [0.3, 0.4) is 0 Å². The van der Waals surface area contributed by atoms with E-state index in [1.807, 2.05) is 61.5 Å². The zero-order chi connectivity index (χ0) is 21.1. The Morgan fingerprint density at radius 1 is 1.03 bits per heavy atom. The summed E-state index contributed by atoms with van der Waals surface area (Å²) in [7, 11) is 0. The van der Waals surface area contributed by atoms with E-state index in [9.17, 15) is 14.4 Å². The van der Waals surface area contributed by atoms with Crippen LogP contribution in [0.15, 0.2) is 66.7 Å². The first-order chi connectivity index (χ1) is 14.5. The molecule has 6 nitrogen and oxygen atoms in total. The average Bonchev–Trinajstić information content (AvgIpc) is 3.15. The van der Waals surface area contributed by atoms with Gasteiger partial charge in [-0.15, -0.1) is 0 Å². The first-order valence-corrected chi connectivity index (χ1v) is 9.82. The van der Waals surface area contributed by atoms with Crippen molar-refractivity contribution in [2.24, 2.45) is 5.92 Å². The molecule has 0 saturated carbocycles. The van der Waals surface area contributed by atoms with Gasteiger partial charge in [-0.25, -0.2) is 0 Å². The Balaban J connectivity index is 1.37. The minimum Gasteiger partial charge on any atom is -0.455 e. The number of rotatable bonds is 5. The number of amides is 2. The van der Waals surface area contributed by atoms with Crippen LogP contribution in [0.2, 0.25) is 0 Å². The summed E-state index contributed by atoms with van der Waals surface area (Å²) in [5.74, 6) is -1.67. The highest BCUT2D eigenvalue weighted by molar-refractivity contribution is 6.06. The van der Waals surface area contributed by atoms with Gasteiger partial charge >= 0.3 is 5.97 Å². The van der Waals surface area contributed by atoms with Gasteiger partial charge in [0.1, 0.15) is 0 Å². The number of carbonyl (C=O) groups excluding carboxylic acids is 3. The van der Waals surface area contributed by atoms with Gasteiger partial charge in [0.25, 0.3) is 5.91 Å². The zero-order valence-electron chi connectivity index (χ0n) is 16.6. The summed E-state index contributed by atoms with van der Waals surface area (Å²) in [6, 6.07) is 20.9. The Bertz CT molecular complexity index is 1100. The largest absolute Gasteiger partial charge is 0.455 e. The van der Waals surface area contributed by atoms with E-state index in [0.29, 0.717) is 5.69 Å². The molecular formula is C24H22N2O4. The molecule has 1 heterocycles. The fourth-order valence-corrected chi connectivity index (χ4v) is 3.63. The first kappa shape index (κ1) is 19.6. The Morgan fingerprint density at radius 3 is 2.57 bits per heavy atom. The van der Waals surface area contributed by atoms with Crippen LogP contribution < -0.4 is 10.2 Å². The Labute approximate surface area is 174 Å². The molecular weight excluding hydrogens is 380 g/mol. The lowest BCUT2D eigenvalue weighted by atomic mass is 10.1. The molecule has 0 radical (unpaired) electrons. The van der Waals surface area contributed by atoms with Crippen LogP contribution in [0.25, 0.3) is 10.8 Å². The van der Waals surface area contributed by atoms with E-state index < -0.39 is 17.8 Å². The number of aryl methyl sites for hydroxylation is 1. The molecule has 3 aromatic carbocycles. The predicted molar refractivity (Wildman–Crippen MR) is 115 cm³/mol. The number of nitrogens with zero attached hydrogens (tertiary/aromatic N) is 1. The van der Waals surface area contributed by atoms with E-state index in [0.717, 1.165) is 22.0 Å². The Kier molecular flexibility index (Phi) is 5.48. The number of ether oxygens (including phenoxy) is 1. The molecule has 0 aliphatic carbocycles. The number of esters is 1. The van der Waals surface area contributed by atoms with Gasteiger partial charge in [-0.2, -0.15) is 0 Å². The third kappa shape index (κ3) is 4.17. The monoisotopic (exact) mass is 402 g/mol. The molecule has 0 bridgehead atoms. The molecule has 1 aliphatic rings. The van der Waals surface area contributed by atoms with Gasteiger partial charge < -0.3 is 15.0 Å². The zero-order valence-corrected chi connectivity index (χ0v) is 16.6. The van der Waals surface area contributed by atoms with Crippen LogP contribution in [-0.4, -0.2) is 30.9 Å². The van der Waals surface area contributed by atoms with Crippen LogP contribution in [-0.2, 0) is 19.1 Å². The smallest absolute Gasteiger partial charge is 0.311 e. The van der Waals surface area contributed by atoms with Crippen LogP contribution >= 0.6 is 0 Å². The molecule has 1 saturated heterocycles. The van der Waals surface area contributed by atoms with Gasteiger partial charge in [-0.1, -0.05) is 54.1 Å². The van der Waals surface area contributed by atoms with Crippen molar-refractivity contribution in [2.75, 3.05) is 23.4 Å². The number of fused-ring (bicyclic) bond motifs is 1. The molecule has 30 heavy (non-hydrogen) atoms. The van der Waals surface area contributed by atoms with Gasteiger partial charge in [0.2, 0.25) is 5.91 Å². The van der Waals surface area contributed by atoms with Crippen LogP contribution in [0.5, 0.6) is 0 Å². The van der Waals surface area contributed by atoms with Gasteiger partial charge in [0.15, 0.2) is 6.61 Å². The quantitative estimate of drug-likeness (QED) is 0.661. The van der Waals surface area contributed by atoms with Gasteiger partial charge in [-0.05, 0) is 30.5 Å². The van der Waals surface area contributed by atoms with E-state index in [4.69, 9.17) is 4.74 Å².